The topological polar surface area (TPSA) is 88.8 Å². The minimum absolute atomic E-state index is 0.191. The van der Waals surface area contributed by atoms with E-state index in [9.17, 15) is 14.4 Å². The van der Waals surface area contributed by atoms with Crippen molar-refractivity contribution in [2.45, 2.75) is 19.9 Å². The Kier molecular flexibility index (Phi) is 4.42. The monoisotopic (exact) mass is 294 g/mol. The van der Waals surface area contributed by atoms with Crippen LogP contribution >= 0.6 is 0 Å². The van der Waals surface area contributed by atoms with E-state index in [4.69, 9.17) is 9.84 Å². The molecule has 1 N–H and O–H groups in total. The van der Waals surface area contributed by atoms with E-state index in [1.165, 1.54) is 13.1 Å². The molecule has 0 bridgehead atoms. The second kappa shape index (κ2) is 6.09. The molecule has 1 aliphatic rings. The first-order chi connectivity index (χ1) is 9.97. The Balaban J connectivity index is 2.36. The number of carbonyl (C=O) groups is 2. The maximum atomic E-state index is 12.4. The van der Waals surface area contributed by atoms with Gasteiger partial charge in [0.1, 0.15) is 11.3 Å². The number of fused-ring (bicyclic) bond motifs is 1. The van der Waals surface area contributed by atoms with Crippen molar-refractivity contribution >= 4 is 11.9 Å². The van der Waals surface area contributed by atoms with Crippen molar-refractivity contribution in [1.29, 1.82) is 0 Å². The highest BCUT2D eigenvalue weighted by Crippen LogP contribution is 2.15. The molecule has 114 valence electrons. The number of hydrogen-bond acceptors (Lipinski definition) is 4. The van der Waals surface area contributed by atoms with Crippen molar-refractivity contribution < 1.29 is 19.4 Å². The lowest BCUT2D eigenvalue weighted by molar-refractivity contribution is 0.0663. The van der Waals surface area contributed by atoms with Gasteiger partial charge in [0.2, 0.25) is 0 Å². The quantitative estimate of drug-likeness (QED) is 0.791. The summed E-state index contributed by atoms with van der Waals surface area (Å²) in [6.45, 7) is 3.60. The highest BCUT2D eigenvalue weighted by molar-refractivity contribution is 5.96. The molecule has 2 rings (SSSR count). The van der Waals surface area contributed by atoms with Gasteiger partial charge in [-0.15, -0.1) is 0 Å². The summed E-state index contributed by atoms with van der Waals surface area (Å²) in [6.07, 6.45) is 1.98. The summed E-state index contributed by atoms with van der Waals surface area (Å²) >= 11 is 0. The summed E-state index contributed by atoms with van der Waals surface area (Å²) in [6, 6.07) is 0. The van der Waals surface area contributed by atoms with Crippen LogP contribution in [-0.2, 0) is 11.3 Å². The van der Waals surface area contributed by atoms with Gasteiger partial charge >= 0.3 is 5.97 Å². The van der Waals surface area contributed by atoms with Crippen molar-refractivity contribution in [2.24, 2.45) is 0 Å². The Morgan fingerprint density at radius 1 is 1.38 bits per heavy atom. The average molecular weight is 294 g/mol. The maximum Gasteiger partial charge on any atom is 0.341 e. The molecule has 21 heavy (non-hydrogen) atoms. The number of carbonyl (C=O) groups excluding carboxylic acids is 1. The molecular formula is C14H18N2O5. The third kappa shape index (κ3) is 2.82. The molecule has 1 aliphatic heterocycles. The van der Waals surface area contributed by atoms with Gasteiger partial charge in [0, 0.05) is 45.1 Å². The fraction of sp³-hybridized carbons (Fsp3) is 0.500. The van der Waals surface area contributed by atoms with Crippen LogP contribution in [0.1, 0.15) is 32.8 Å². The van der Waals surface area contributed by atoms with Gasteiger partial charge < -0.3 is 19.3 Å². The number of nitrogens with zero attached hydrogens (tertiary/aromatic N) is 2. The second-order valence-corrected chi connectivity index (χ2v) is 4.98. The third-order valence-electron chi connectivity index (χ3n) is 3.62. The standard InChI is InChI=1S/C14H18N2O5/c1-9-11-13(18)15(4-3-7-21-2)5-6-16(11)8-10(12(9)17)14(19)20/h8H,3-7H2,1-2H3,(H,19,20). The van der Waals surface area contributed by atoms with Gasteiger partial charge in [0.25, 0.3) is 5.91 Å². The van der Waals surface area contributed by atoms with Gasteiger partial charge in [-0.05, 0) is 13.3 Å². The number of pyridine rings is 1. The van der Waals surface area contributed by atoms with Gasteiger partial charge in [-0.25, -0.2) is 4.79 Å². The van der Waals surface area contributed by atoms with Crippen LogP contribution in [0.5, 0.6) is 0 Å². The molecule has 0 radical (unpaired) electrons. The van der Waals surface area contributed by atoms with Crippen molar-refractivity contribution in [3.05, 3.63) is 33.2 Å². The van der Waals surface area contributed by atoms with Crippen molar-refractivity contribution in [3.8, 4) is 0 Å². The first kappa shape index (κ1) is 15.2. The zero-order valence-corrected chi connectivity index (χ0v) is 12.1. The van der Waals surface area contributed by atoms with E-state index >= 15 is 0 Å². The van der Waals surface area contributed by atoms with Gasteiger partial charge in [-0.1, -0.05) is 0 Å². The Bertz CT molecular complexity index is 635. The van der Waals surface area contributed by atoms with Crippen LogP contribution in [0, 0.1) is 6.92 Å². The zero-order chi connectivity index (χ0) is 15.6. The molecule has 0 saturated carbocycles. The van der Waals surface area contributed by atoms with Crippen molar-refractivity contribution in [1.82, 2.24) is 9.47 Å². The van der Waals surface area contributed by atoms with Gasteiger partial charge in [-0.3, -0.25) is 9.59 Å². The average Bonchev–Trinajstić information content (AvgIpc) is 2.44. The van der Waals surface area contributed by atoms with E-state index < -0.39 is 11.4 Å². The molecule has 1 aromatic heterocycles. The molecule has 0 aliphatic carbocycles. The summed E-state index contributed by atoms with van der Waals surface area (Å²) in [5.41, 5.74) is -0.414. The molecule has 2 heterocycles. The van der Waals surface area contributed by atoms with Crippen LogP contribution in [0.25, 0.3) is 0 Å². The van der Waals surface area contributed by atoms with Crippen LogP contribution in [0.15, 0.2) is 11.0 Å². The Morgan fingerprint density at radius 3 is 2.71 bits per heavy atom. The second-order valence-electron chi connectivity index (χ2n) is 4.98. The van der Waals surface area contributed by atoms with Crippen molar-refractivity contribution in [3.63, 3.8) is 0 Å². The summed E-state index contributed by atoms with van der Waals surface area (Å²) in [4.78, 5) is 37.2. The number of carboxylic acid groups (broad SMARTS) is 1. The highest BCUT2D eigenvalue weighted by atomic mass is 16.5. The number of aromatic carboxylic acids is 1. The van der Waals surface area contributed by atoms with Gasteiger partial charge in [0.05, 0.1) is 0 Å². The predicted octanol–water partition coefficient (Wildman–Crippen LogP) is 0.347. The maximum absolute atomic E-state index is 12.4. The largest absolute Gasteiger partial charge is 0.477 e. The first-order valence-corrected chi connectivity index (χ1v) is 6.73. The first-order valence-electron chi connectivity index (χ1n) is 6.73. The molecule has 7 heteroatoms. The number of hydrogen-bond donors (Lipinski definition) is 1. The Hall–Kier alpha value is -2.15. The zero-order valence-electron chi connectivity index (χ0n) is 12.1. The summed E-state index contributed by atoms with van der Waals surface area (Å²) in [5.74, 6) is -1.50. The summed E-state index contributed by atoms with van der Waals surface area (Å²) < 4.78 is 6.53. The number of aromatic nitrogens is 1. The van der Waals surface area contributed by atoms with Crippen LogP contribution < -0.4 is 5.43 Å². The smallest absolute Gasteiger partial charge is 0.341 e. The van der Waals surface area contributed by atoms with E-state index in [1.54, 1.807) is 16.6 Å². The van der Waals surface area contributed by atoms with E-state index in [2.05, 4.69) is 0 Å². The normalized spacial score (nSPS) is 14.2. The van der Waals surface area contributed by atoms with E-state index in [1.807, 2.05) is 0 Å². The molecule has 0 saturated heterocycles. The number of rotatable bonds is 5. The molecule has 0 fully saturated rings. The number of methoxy groups -OCH3 is 1. The lowest BCUT2D eigenvalue weighted by Crippen LogP contribution is -2.43. The highest BCUT2D eigenvalue weighted by Gasteiger charge is 2.28. The van der Waals surface area contributed by atoms with E-state index in [-0.39, 0.29) is 22.7 Å². The fourth-order valence-corrected chi connectivity index (χ4v) is 2.51. The SMILES string of the molecule is COCCCN1CCn2cc(C(=O)O)c(=O)c(C)c2C1=O. The molecule has 0 atom stereocenters. The fourth-order valence-electron chi connectivity index (χ4n) is 2.51. The Morgan fingerprint density at radius 2 is 2.10 bits per heavy atom. The number of ether oxygens (including phenoxy) is 1. The molecule has 1 aromatic rings. The van der Waals surface area contributed by atoms with E-state index in [0.29, 0.717) is 26.2 Å². The van der Waals surface area contributed by atoms with Gasteiger partial charge in [-0.2, -0.15) is 0 Å². The number of amides is 1. The molecule has 7 nitrogen and oxygen atoms in total. The summed E-state index contributed by atoms with van der Waals surface area (Å²) in [7, 11) is 1.60. The predicted molar refractivity (Wildman–Crippen MR) is 74.8 cm³/mol. The molecular weight excluding hydrogens is 276 g/mol. The van der Waals surface area contributed by atoms with E-state index in [0.717, 1.165) is 6.42 Å². The molecule has 0 spiro atoms. The minimum Gasteiger partial charge on any atom is -0.477 e. The summed E-state index contributed by atoms with van der Waals surface area (Å²) in [5, 5.41) is 9.03. The lowest BCUT2D eigenvalue weighted by Gasteiger charge is -2.31. The lowest BCUT2D eigenvalue weighted by atomic mass is 10.1. The van der Waals surface area contributed by atoms with Crippen LogP contribution in [0.2, 0.25) is 0 Å². The number of carboxylic acids is 1. The molecule has 0 unspecified atom stereocenters. The third-order valence-corrected chi connectivity index (χ3v) is 3.62. The minimum atomic E-state index is -1.27. The van der Waals surface area contributed by atoms with Crippen LogP contribution in [-0.4, -0.2) is 53.3 Å². The Labute approximate surface area is 121 Å². The van der Waals surface area contributed by atoms with Crippen molar-refractivity contribution in [2.75, 3.05) is 26.8 Å². The van der Waals surface area contributed by atoms with Crippen LogP contribution in [0.4, 0.5) is 0 Å². The van der Waals surface area contributed by atoms with Crippen LogP contribution in [0.3, 0.4) is 0 Å². The molecule has 1 amide bonds. The molecule has 0 aromatic carbocycles. The van der Waals surface area contributed by atoms with Gasteiger partial charge in [0.15, 0.2) is 5.43 Å².